The Balaban J connectivity index is 1.36. The van der Waals surface area contributed by atoms with Crippen LogP contribution in [0.15, 0.2) is 0 Å². The number of piperidine rings is 1. The molecule has 1 saturated heterocycles. The molecule has 5 rings (SSSR count). The smallest absolute Gasteiger partial charge is 0.223 e. The van der Waals surface area contributed by atoms with Gasteiger partial charge in [-0.25, -0.2) is 0 Å². The molecule has 4 bridgehead atoms. The Kier molecular flexibility index (Phi) is 3.29. The minimum atomic E-state index is 0.269. The van der Waals surface area contributed by atoms with E-state index in [0.29, 0.717) is 11.3 Å². The van der Waals surface area contributed by atoms with Crippen LogP contribution in [0.2, 0.25) is 0 Å². The first kappa shape index (κ1) is 13.1. The van der Waals surface area contributed by atoms with Gasteiger partial charge in [0.15, 0.2) is 0 Å². The number of carbonyl (C=O) groups excluding carboxylic acids is 1. The third-order valence-corrected chi connectivity index (χ3v) is 6.51. The van der Waals surface area contributed by atoms with Crippen molar-refractivity contribution in [2.45, 2.75) is 51.4 Å². The molecule has 0 aromatic heterocycles. The monoisotopic (exact) mass is 276 g/mol. The zero-order valence-corrected chi connectivity index (χ0v) is 12.5. The maximum atomic E-state index is 12.4. The quantitative estimate of drug-likeness (QED) is 0.830. The van der Waals surface area contributed by atoms with E-state index in [-0.39, 0.29) is 5.92 Å². The van der Waals surface area contributed by atoms with Gasteiger partial charge in [-0.05, 0) is 87.6 Å². The second-order valence-corrected chi connectivity index (χ2v) is 8.16. The minimum Gasteiger partial charge on any atom is -0.355 e. The Bertz CT molecular complexity index is 351. The molecule has 0 unspecified atom stereocenters. The van der Waals surface area contributed by atoms with Crippen molar-refractivity contribution in [3.05, 3.63) is 0 Å². The lowest BCUT2D eigenvalue weighted by atomic mass is 9.49. The van der Waals surface area contributed by atoms with Gasteiger partial charge in [0.25, 0.3) is 0 Å². The first-order valence-corrected chi connectivity index (χ1v) is 8.71. The SMILES string of the molecule is O=C(NCC12CC3CC(CC(C3)C1)C2)C1CCNCC1. The summed E-state index contributed by atoms with van der Waals surface area (Å²) < 4.78 is 0. The fraction of sp³-hybridized carbons (Fsp3) is 0.941. The minimum absolute atomic E-state index is 0.269. The van der Waals surface area contributed by atoms with E-state index in [9.17, 15) is 4.79 Å². The molecule has 1 amide bonds. The summed E-state index contributed by atoms with van der Waals surface area (Å²) in [6, 6.07) is 0. The second-order valence-electron chi connectivity index (χ2n) is 8.16. The zero-order valence-electron chi connectivity index (χ0n) is 12.5. The van der Waals surface area contributed by atoms with Gasteiger partial charge in [-0.3, -0.25) is 4.79 Å². The Hall–Kier alpha value is -0.570. The van der Waals surface area contributed by atoms with Gasteiger partial charge in [0.05, 0.1) is 0 Å². The van der Waals surface area contributed by atoms with Gasteiger partial charge in [0.2, 0.25) is 5.91 Å². The van der Waals surface area contributed by atoms with Crippen LogP contribution >= 0.6 is 0 Å². The average Bonchev–Trinajstić information content (AvgIpc) is 2.44. The van der Waals surface area contributed by atoms with Crippen molar-refractivity contribution < 1.29 is 4.79 Å². The number of amides is 1. The zero-order chi connectivity index (χ0) is 13.6. The third kappa shape index (κ3) is 2.38. The first-order valence-electron chi connectivity index (χ1n) is 8.71. The standard InChI is InChI=1S/C17H28N2O/c20-16(15-1-3-18-4-2-15)19-11-17-8-12-5-13(9-17)7-14(6-12)10-17/h12-15,18H,1-11H2,(H,19,20). The lowest BCUT2D eigenvalue weighted by Crippen LogP contribution is -2.52. The molecule has 0 atom stereocenters. The second kappa shape index (κ2) is 5.01. The maximum Gasteiger partial charge on any atom is 0.223 e. The van der Waals surface area contributed by atoms with Crippen LogP contribution in [0.1, 0.15) is 51.4 Å². The highest BCUT2D eigenvalue weighted by Gasteiger charge is 2.50. The predicted octanol–water partition coefficient (Wildman–Crippen LogP) is 2.32. The molecule has 20 heavy (non-hydrogen) atoms. The number of carbonyl (C=O) groups is 1. The average molecular weight is 276 g/mol. The van der Waals surface area contributed by atoms with Crippen molar-refractivity contribution >= 4 is 5.91 Å². The summed E-state index contributed by atoms with van der Waals surface area (Å²) in [6.45, 7) is 2.99. The number of rotatable bonds is 3. The van der Waals surface area contributed by atoms with Crippen LogP contribution in [-0.4, -0.2) is 25.5 Å². The highest BCUT2D eigenvalue weighted by molar-refractivity contribution is 5.78. The van der Waals surface area contributed by atoms with E-state index >= 15 is 0 Å². The van der Waals surface area contributed by atoms with Crippen molar-refractivity contribution in [2.75, 3.05) is 19.6 Å². The normalized spacial score (nSPS) is 43.7. The summed E-state index contributed by atoms with van der Waals surface area (Å²) >= 11 is 0. The van der Waals surface area contributed by atoms with Gasteiger partial charge >= 0.3 is 0 Å². The van der Waals surface area contributed by atoms with Gasteiger partial charge in [-0.1, -0.05) is 0 Å². The molecule has 0 spiro atoms. The summed E-state index contributed by atoms with van der Waals surface area (Å²) in [5, 5.41) is 6.68. The Morgan fingerprint density at radius 1 is 1.00 bits per heavy atom. The number of hydrogen-bond acceptors (Lipinski definition) is 2. The molecule has 0 aromatic rings. The van der Waals surface area contributed by atoms with Crippen LogP contribution in [0.3, 0.4) is 0 Å². The Labute approximate surface area is 122 Å². The molecular weight excluding hydrogens is 248 g/mol. The third-order valence-electron chi connectivity index (χ3n) is 6.51. The van der Waals surface area contributed by atoms with Gasteiger partial charge in [-0.2, -0.15) is 0 Å². The van der Waals surface area contributed by atoms with Gasteiger partial charge in [-0.15, -0.1) is 0 Å². The number of nitrogens with one attached hydrogen (secondary N) is 2. The maximum absolute atomic E-state index is 12.4. The predicted molar refractivity (Wildman–Crippen MR) is 79.2 cm³/mol. The molecule has 5 aliphatic rings. The van der Waals surface area contributed by atoms with Gasteiger partial charge in [0, 0.05) is 12.5 Å². The number of hydrogen-bond donors (Lipinski definition) is 2. The van der Waals surface area contributed by atoms with E-state index in [2.05, 4.69) is 10.6 Å². The molecule has 4 aliphatic carbocycles. The first-order chi connectivity index (χ1) is 9.72. The summed E-state index contributed by atoms with van der Waals surface area (Å²) in [5.74, 6) is 3.55. The van der Waals surface area contributed by atoms with E-state index in [1.54, 1.807) is 0 Å². The largest absolute Gasteiger partial charge is 0.355 e. The van der Waals surface area contributed by atoms with Crippen LogP contribution in [-0.2, 0) is 4.79 Å². The highest BCUT2D eigenvalue weighted by atomic mass is 16.1. The molecule has 112 valence electrons. The highest BCUT2D eigenvalue weighted by Crippen LogP contribution is 2.59. The van der Waals surface area contributed by atoms with E-state index in [0.717, 1.165) is 50.2 Å². The molecule has 1 aliphatic heterocycles. The fourth-order valence-electron chi connectivity index (χ4n) is 6.01. The van der Waals surface area contributed by atoms with Crippen molar-refractivity contribution in [2.24, 2.45) is 29.1 Å². The molecule has 5 fully saturated rings. The molecule has 0 aromatic carbocycles. The summed E-state index contributed by atoms with van der Waals surface area (Å²) in [4.78, 5) is 12.4. The van der Waals surface area contributed by atoms with Crippen molar-refractivity contribution in [3.8, 4) is 0 Å². The van der Waals surface area contributed by atoms with Crippen LogP contribution < -0.4 is 10.6 Å². The summed E-state index contributed by atoms with van der Waals surface area (Å²) in [7, 11) is 0. The van der Waals surface area contributed by atoms with Crippen LogP contribution in [0.25, 0.3) is 0 Å². The van der Waals surface area contributed by atoms with Gasteiger partial charge < -0.3 is 10.6 Å². The van der Waals surface area contributed by atoms with Crippen molar-refractivity contribution in [3.63, 3.8) is 0 Å². The summed E-state index contributed by atoms with van der Waals surface area (Å²) in [5.41, 5.74) is 0.483. The molecule has 0 radical (unpaired) electrons. The molecule has 3 nitrogen and oxygen atoms in total. The lowest BCUT2D eigenvalue weighted by molar-refractivity contribution is -0.127. The topological polar surface area (TPSA) is 41.1 Å². The van der Waals surface area contributed by atoms with Crippen LogP contribution in [0.4, 0.5) is 0 Å². The fourth-order valence-corrected chi connectivity index (χ4v) is 6.01. The Morgan fingerprint density at radius 2 is 1.55 bits per heavy atom. The lowest BCUT2D eigenvalue weighted by Gasteiger charge is -2.57. The van der Waals surface area contributed by atoms with Crippen molar-refractivity contribution in [1.29, 1.82) is 0 Å². The van der Waals surface area contributed by atoms with E-state index in [1.165, 1.54) is 38.5 Å². The molecule has 2 N–H and O–H groups in total. The molecule has 4 saturated carbocycles. The van der Waals surface area contributed by atoms with Crippen LogP contribution in [0, 0.1) is 29.1 Å². The summed E-state index contributed by atoms with van der Waals surface area (Å²) in [6.07, 6.45) is 10.7. The van der Waals surface area contributed by atoms with Crippen molar-refractivity contribution in [1.82, 2.24) is 10.6 Å². The molecule has 3 heteroatoms. The van der Waals surface area contributed by atoms with Gasteiger partial charge in [0.1, 0.15) is 0 Å². The van der Waals surface area contributed by atoms with Crippen LogP contribution in [0.5, 0.6) is 0 Å². The Morgan fingerprint density at radius 3 is 2.10 bits per heavy atom. The van der Waals surface area contributed by atoms with E-state index in [1.807, 2.05) is 0 Å². The molecular formula is C17H28N2O. The van der Waals surface area contributed by atoms with E-state index < -0.39 is 0 Å². The molecule has 1 heterocycles. The van der Waals surface area contributed by atoms with E-state index in [4.69, 9.17) is 0 Å².